The van der Waals surface area contributed by atoms with E-state index >= 15 is 0 Å². The van der Waals surface area contributed by atoms with Crippen molar-refractivity contribution in [3.63, 3.8) is 0 Å². The minimum Gasteiger partial charge on any atom is -0.394 e. The number of carbonyl (C=O) groups is 1. The first-order chi connectivity index (χ1) is 23.9. The van der Waals surface area contributed by atoms with Crippen LogP contribution in [-0.4, -0.2) is 105 Å². The van der Waals surface area contributed by atoms with E-state index in [0.29, 0.717) is 66.5 Å². The Kier molecular flexibility index (Phi) is 9.34. The van der Waals surface area contributed by atoms with Crippen molar-refractivity contribution in [2.45, 2.75) is 62.2 Å². The van der Waals surface area contributed by atoms with Crippen molar-refractivity contribution in [2.75, 3.05) is 35.2 Å². The van der Waals surface area contributed by atoms with Crippen molar-refractivity contribution < 1.29 is 25.2 Å². The Balaban J connectivity index is 1.17. The van der Waals surface area contributed by atoms with Crippen LogP contribution in [0.5, 0.6) is 0 Å². The highest BCUT2D eigenvalue weighted by Gasteiger charge is 2.44. The van der Waals surface area contributed by atoms with Gasteiger partial charge in [-0.05, 0) is 37.0 Å². The van der Waals surface area contributed by atoms with Crippen molar-refractivity contribution in [1.29, 1.82) is 0 Å². The Morgan fingerprint density at radius 3 is 2.59 bits per heavy atom. The molecule has 0 spiro atoms. The Morgan fingerprint density at radius 1 is 1.00 bits per heavy atom. The Bertz CT molecular complexity index is 1870. The summed E-state index contributed by atoms with van der Waals surface area (Å²) >= 11 is 0. The van der Waals surface area contributed by atoms with Gasteiger partial charge in [0.05, 0.1) is 55.7 Å². The van der Waals surface area contributed by atoms with Gasteiger partial charge in [-0.2, -0.15) is 15.1 Å². The highest BCUT2D eigenvalue weighted by Crippen LogP contribution is 2.40. The molecule has 256 valence electrons. The monoisotopic (exact) mass is 669 g/mol. The molecule has 2 amide bonds. The van der Waals surface area contributed by atoms with Crippen molar-refractivity contribution >= 4 is 34.6 Å². The van der Waals surface area contributed by atoms with Crippen molar-refractivity contribution in [3.05, 3.63) is 84.7 Å². The van der Waals surface area contributed by atoms with E-state index in [0.717, 1.165) is 5.56 Å². The lowest BCUT2D eigenvalue weighted by atomic mass is 10.1. The maximum Gasteiger partial charge on any atom is 0.319 e. The smallest absolute Gasteiger partial charge is 0.319 e. The van der Waals surface area contributed by atoms with Crippen LogP contribution >= 0.6 is 0 Å². The predicted octanol–water partition coefficient (Wildman–Crippen LogP) is 1.23. The fraction of sp³-hybridized carbons (Fsp3) is 0.394. The van der Waals surface area contributed by atoms with E-state index in [2.05, 4.69) is 31.0 Å². The number of amides is 2. The van der Waals surface area contributed by atoms with Gasteiger partial charge in [0.15, 0.2) is 17.0 Å². The SMILES string of the molecule is O=C(Nc1cccnc1)N[C@@H]1CCN(c2nc(N[C@H](CO)Cc3ccccc3)c3ncn([C@@H]4C[C@H](n5cc(CO)cn5)[C@@H](O)[C@H]4O)c3n2)C1. The maximum atomic E-state index is 12.7. The molecule has 1 saturated heterocycles. The third-order valence-electron chi connectivity index (χ3n) is 9.18. The number of hydrogen-bond acceptors (Lipinski definition) is 12. The average Bonchev–Trinajstić information content (AvgIpc) is 3.93. The average molecular weight is 670 g/mol. The molecule has 0 radical (unpaired) electrons. The van der Waals surface area contributed by atoms with Crippen molar-refractivity contribution in [2.24, 2.45) is 0 Å². The molecule has 2 fully saturated rings. The van der Waals surface area contributed by atoms with E-state index in [1.807, 2.05) is 35.2 Å². The number of imidazole rings is 1. The molecule has 0 bridgehead atoms. The van der Waals surface area contributed by atoms with Gasteiger partial charge in [-0.25, -0.2) is 9.78 Å². The van der Waals surface area contributed by atoms with Crippen LogP contribution in [0.25, 0.3) is 11.2 Å². The molecule has 5 heterocycles. The molecule has 7 rings (SSSR count). The Morgan fingerprint density at radius 2 is 1.84 bits per heavy atom. The van der Waals surface area contributed by atoms with Gasteiger partial charge in [0.25, 0.3) is 0 Å². The van der Waals surface area contributed by atoms with E-state index in [1.165, 1.54) is 6.20 Å². The normalized spacial score (nSPS) is 22.8. The van der Waals surface area contributed by atoms with Gasteiger partial charge >= 0.3 is 6.03 Å². The molecule has 2 aliphatic rings. The fourth-order valence-electron chi connectivity index (χ4n) is 6.66. The van der Waals surface area contributed by atoms with Crippen LogP contribution in [0.1, 0.15) is 36.1 Å². The summed E-state index contributed by atoms with van der Waals surface area (Å²) in [5, 5.41) is 55.7. The summed E-state index contributed by atoms with van der Waals surface area (Å²) in [5.74, 6) is 0.818. The van der Waals surface area contributed by atoms with E-state index in [1.54, 1.807) is 46.3 Å². The third kappa shape index (κ3) is 6.89. The summed E-state index contributed by atoms with van der Waals surface area (Å²) in [7, 11) is 0. The van der Waals surface area contributed by atoms with Crippen LogP contribution < -0.4 is 20.9 Å². The van der Waals surface area contributed by atoms with Crippen molar-refractivity contribution in [1.82, 2.24) is 39.6 Å². The molecule has 6 atom stereocenters. The van der Waals surface area contributed by atoms with Crippen LogP contribution in [0.15, 0.2) is 73.6 Å². The summed E-state index contributed by atoms with van der Waals surface area (Å²) < 4.78 is 3.33. The third-order valence-corrected chi connectivity index (χ3v) is 9.18. The molecule has 49 heavy (non-hydrogen) atoms. The second kappa shape index (κ2) is 14.1. The second-order valence-corrected chi connectivity index (χ2v) is 12.5. The van der Waals surface area contributed by atoms with E-state index in [-0.39, 0.29) is 31.3 Å². The number of fused-ring (bicyclic) bond motifs is 1. The number of anilines is 3. The van der Waals surface area contributed by atoms with E-state index in [4.69, 9.17) is 9.97 Å². The first-order valence-corrected chi connectivity index (χ1v) is 16.3. The maximum absolute atomic E-state index is 12.7. The number of carbonyl (C=O) groups excluding carboxylic acids is 1. The molecule has 1 aliphatic carbocycles. The molecule has 1 saturated carbocycles. The quantitative estimate of drug-likeness (QED) is 0.106. The van der Waals surface area contributed by atoms with E-state index < -0.39 is 24.3 Å². The molecular weight excluding hydrogens is 630 g/mol. The van der Waals surface area contributed by atoms with Crippen LogP contribution in [-0.2, 0) is 13.0 Å². The van der Waals surface area contributed by atoms with Gasteiger partial charge < -0.3 is 45.8 Å². The van der Waals surface area contributed by atoms with Crippen LogP contribution in [0.2, 0.25) is 0 Å². The number of benzene rings is 1. The molecule has 16 nitrogen and oxygen atoms in total. The molecule has 7 N–H and O–H groups in total. The molecule has 1 aliphatic heterocycles. The van der Waals surface area contributed by atoms with E-state index in [9.17, 15) is 25.2 Å². The first kappa shape index (κ1) is 32.4. The number of pyridine rings is 1. The topological polar surface area (TPSA) is 212 Å². The molecule has 16 heteroatoms. The second-order valence-electron chi connectivity index (χ2n) is 12.5. The summed E-state index contributed by atoms with van der Waals surface area (Å²) in [4.78, 5) is 33.2. The zero-order chi connectivity index (χ0) is 33.9. The van der Waals surface area contributed by atoms with Crippen molar-refractivity contribution in [3.8, 4) is 0 Å². The van der Waals surface area contributed by atoms with Crippen LogP contribution in [0, 0.1) is 0 Å². The Labute approximate surface area is 281 Å². The van der Waals surface area contributed by atoms with Gasteiger partial charge in [0, 0.05) is 37.1 Å². The highest BCUT2D eigenvalue weighted by molar-refractivity contribution is 5.89. The molecule has 4 aromatic heterocycles. The summed E-state index contributed by atoms with van der Waals surface area (Å²) in [6.07, 6.45) is 7.23. The number of urea groups is 1. The summed E-state index contributed by atoms with van der Waals surface area (Å²) in [5.41, 5.74) is 3.13. The van der Waals surface area contributed by atoms with Gasteiger partial charge in [0.2, 0.25) is 5.95 Å². The molecule has 1 aromatic carbocycles. The number of nitrogens with zero attached hydrogens (tertiary/aromatic N) is 8. The number of rotatable bonds is 11. The fourth-order valence-corrected chi connectivity index (χ4v) is 6.66. The predicted molar refractivity (Wildman–Crippen MR) is 180 cm³/mol. The lowest BCUT2D eigenvalue weighted by molar-refractivity contribution is 0.00720. The lowest BCUT2D eigenvalue weighted by Crippen LogP contribution is -2.40. The Hall–Kier alpha value is -5.16. The molecule has 0 unspecified atom stereocenters. The summed E-state index contributed by atoms with van der Waals surface area (Å²) in [6, 6.07) is 11.3. The van der Waals surface area contributed by atoms with Gasteiger partial charge in [0.1, 0.15) is 12.2 Å². The van der Waals surface area contributed by atoms with Gasteiger partial charge in [-0.15, -0.1) is 0 Å². The zero-order valence-electron chi connectivity index (χ0n) is 26.6. The molecular formula is C33H39N11O5. The number of nitrogens with one attached hydrogen (secondary N) is 3. The highest BCUT2D eigenvalue weighted by atomic mass is 16.3. The summed E-state index contributed by atoms with van der Waals surface area (Å²) in [6.45, 7) is 0.681. The van der Waals surface area contributed by atoms with Crippen LogP contribution in [0.3, 0.4) is 0 Å². The number of hydrogen-bond donors (Lipinski definition) is 7. The number of aromatic nitrogens is 7. The number of aliphatic hydroxyl groups is 4. The minimum atomic E-state index is -1.15. The standard InChI is InChI=1S/C33H39N11O5/c45-17-21-13-36-44(15-21)26-12-25(28(47)29(26)48)43-19-35-27-30(37-24(18-46)11-20-5-2-1-3-6-20)40-32(41-31(27)43)42-10-8-23(16-42)39-33(49)38-22-7-4-9-34-14-22/h1-7,9,13-15,19,23-26,28-29,45-48H,8,10-12,16-18H2,(H,37,40,41)(H2,38,39,49)/t23-,24+,25-,26+,28+,29-/m1/s1. The van der Waals surface area contributed by atoms with Crippen LogP contribution in [0.4, 0.5) is 22.2 Å². The van der Waals surface area contributed by atoms with Gasteiger partial charge in [-0.3, -0.25) is 9.67 Å². The number of aliphatic hydroxyl groups excluding tert-OH is 4. The minimum absolute atomic E-state index is 0.160. The first-order valence-electron chi connectivity index (χ1n) is 16.3. The van der Waals surface area contributed by atoms with Gasteiger partial charge in [-0.1, -0.05) is 30.3 Å². The molecule has 5 aromatic rings. The largest absolute Gasteiger partial charge is 0.394 e. The lowest BCUT2D eigenvalue weighted by Gasteiger charge is -2.22. The zero-order valence-corrected chi connectivity index (χ0v) is 26.6.